The summed E-state index contributed by atoms with van der Waals surface area (Å²) in [6.07, 6.45) is -4.61. The van der Waals surface area contributed by atoms with Crippen LogP contribution in [0.15, 0.2) is 36.4 Å². The Balaban J connectivity index is 1.81. The van der Waals surface area contributed by atoms with Gasteiger partial charge in [0.05, 0.1) is 11.3 Å². The van der Waals surface area contributed by atoms with Crippen LogP contribution < -0.4 is 5.32 Å². The summed E-state index contributed by atoms with van der Waals surface area (Å²) in [6, 6.07) is 10.2. The third kappa shape index (κ3) is 4.60. The SMILES string of the molecule is O=C(Nc1nc2c(O)cc(C#CCc3cccc(CO)c3)cc2s1)C(F)(F)F. The molecule has 1 heterocycles. The van der Waals surface area contributed by atoms with Gasteiger partial charge in [-0.2, -0.15) is 13.2 Å². The number of aromatic hydroxyl groups is 1. The van der Waals surface area contributed by atoms with Gasteiger partial charge in [-0.05, 0) is 23.3 Å². The molecule has 0 saturated heterocycles. The minimum absolute atomic E-state index is 0.0651. The maximum Gasteiger partial charge on any atom is 0.471 e. The van der Waals surface area contributed by atoms with Gasteiger partial charge in [-0.1, -0.05) is 47.4 Å². The topological polar surface area (TPSA) is 82.5 Å². The van der Waals surface area contributed by atoms with Crippen LogP contribution in [-0.4, -0.2) is 27.3 Å². The Labute approximate surface area is 161 Å². The number of carbonyl (C=O) groups excluding carboxylic acids is 1. The van der Waals surface area contributed by atoms with Crippen molar-refractivity contribution in [3.05, 3.63) is 53.1 Å². The van der Waals surface area contributed by atoms with Crippen LogP contribution in [0.5, 0.6) is 5.75 Å². The lowest BCUT2D eigenvalue weighted by atomic mass is 10.1. The molecule has 1 amide bonds. The molecule has 0 unspecified atom stereocenters. The van der Waals surface area contributed by atoms with Crippen molar-refractivity contribution in [2.24, 2.45) is 0 Å². The fourth-order valence-electron chi connectivity index (χ4n) is 2.39. The third-order valence-electron chi connectivity index (χ3n) is 3.65. The molecule has 0 aliphatic carbocycles. The zero-order valence-corrected chi connectivity index (χ0v) is 15.0. The van der Waals surface area contributed by atoms with Gasteiger partial charge < -0.3 is 10.2 Å². The Kier molecular flexibility index (Phi) is 5.53. The number of alkyl halides is 3. The highest BCUT2D eigenvalue weighted by Crippen LogP contribution is 2.33. The van der Waals surface area contributed by atoms with E-state index >= 15 is 0 Å². The van der Waals surface area contributed by atoms with Crippen molar-refractivity contribution in [2.75, 3.05) is 5.32 Å². The number of carbonyl (C=O) groups is 1. The van der Waals surface area contributed by atoms with Crippen molar-refractivity contribution in [1.29, 1.82) is 0 Å². The van der Waals surface area contributed by atoms with Gasteiger partial charge in [0.2, 0.25) is 0 Å². The smallest absolute Gasteiger partial charge is 0.471 e. The molecule has 0 radical (unpaired) electrons. The second-order valence-corrected chi connectivity index (χ2v) is 6.80. The van der Waals surface area contributed by atoms with Crippen molar-refractivity contribution < 1.29 is 28.2 Å². The number of halogens is 3. The van der Waals surface area contributed by atoms with Crippen LogP contribution in [0, 0.1) is 11.8 Å². The molecular weight excluding hydrogens is 393 g/mol. The number of anilines is 1. The first-order valence-electron chi connectivity index (χ1n) is 7.95. The molecule has 0 bridgehead atoms. The normalized spacial score (nSPS) is 11.1. The number of aliphatic hydroxyl groups is 1. The summed E-state index contributed by atoms with van der Waals surface area (Å²) in [5, 5.41) is 20.6. The van der Waals surface area contributed by atoms with Crippen molar-refractivity contribution in [3.8, 4) is 17.6 Å². The first-order chi connectivity index (χ1) is 13.3. The predicted octanol–water partition coefficient (Wildman–Crippen LogP) is 3.59. The van der Waals surface area contributed by atoms with E-state index in [0.29, 0.717) is 16.7 Å². The number of phenols is 1. The van der Waals surface area contributed by atoms with Gasteiger partial charge in [-0.15, -0.1) is 0 Å². The van der Waals surface area contributed by atoms with Gasteiger partial charge in [-0.25, -0.2) is 4.98 Å². The Morgan fingerprint density at radius 3 is 2.68 bits per heavy atom. The van der Waals surface area contributed by atoms with E-state index in [9.17, 15) is 23.1 Å². The molecule has 3 rings (SSSR count). The number of nitrogens with one attached hydrogen (secondary N) is 1. The maximum atomic E-state index is 12.3. The molecule has 3 aromatic rings. The molecule has 2 aromatic carbocycles. The summed E-state index contributed by atoms with van der Waals surface area (Å²) < 4.78 is 37.4. The first kappa shape index (κ1) is 19.7. The van der Waals surface area contributed by atoms with Crippen LogP contribution in [0.25, 0.3) is 10.2 Å². The highest BCUT2D eigenvalue weighted by molar-refractivity contribution is 7.22. The van der Waals surface area contributed by atoms with Gasteiger partial charge in [-0.3, -0.25) is 10.1 Å². The van der Waals surface area contributed by atoms with Crippen LogP contribution in [0.1, 0.15) is 16.7 Å². The summed E-state index contributed by atoms with van der Waals surface area (Å²) in [7, 11) is 0. The molecular formula is C19H13F3N2O3S. The van der Waals surface area contributed by atoms with Crippen LogP contribution in [0.3, 0.4) is 0 Å². The number of amides is 1. The summed E-state index contributed by atoms with van der Waals surface area (Å²) in [4.78, 5) is 14.8. The van der Waals surface area contributed by atoms with Gasteiger partial charge >= 0.3 is 12.1 Å². The Morgan fingerprint density at radius 1 is 1.21 bits per heavy atom. The van der Waals surface area contributed by atoms with E-state index in [1.165, 1.54) is 6.07 Å². The Bertz CT molecular complexity index is 1100. The quantitative estimate of drug-likeness (QED) is 0.581. The largest absolute Gasteiger partial charge is 0.506 e. The number of aliphatic hydroxyl groups excluding tert-OH is 1. The van der Waals surface area contributed by atoms with Crippen molar-refractivity contribution in [2.45, 2.75) is 19.2 Å². The zero-order chi connectivity index (χ0) is 20.3. The average Bonchev–Trinajstić information content (AvgIpc) is 3.04. The second kappa shape index (κ2) is 7.88. The molecule has 1 aromatic heterocycles. The van der Waals surface area contributed by atoms with E-state index in [4.69, 9.17) is 5.11 Å². The lowest BCUT2D eigenvalue weighted by Crippen LogP contribution is -2.29. The highest BCUT2D eigenvalue weighted by Gasteiger charge is 2.39. The zero-order valence-electron chi connectivity index (χ0n) is 14.2. The number of phenolic OH excluding ortho intramolecular Hbond substituents is 1. The summed E-state index contributed by atoms with van der Waals surface area (Å²) in [5.74, 6) is 3.45. The van der Waals surface area contributed by atoms with Crippen LogP contribution in [0.2, 0.25) is 0 Å². The highest BCUT2D eigenvalue weighted by atomic mass is 32.1. The molecule has 144 valence electrons. The monoisotopic (exact) mass is 406 g/mol. The maximum absolute atomic E-state index is 12.3. The number of nitrogens with zero attached hydrogens (tertiary/aromatic N) is 1. The number of aromatic nitrogens is 1. The third-order valence-corrected chi connectivity index (χ3v) is 4.57. The Morgan fingerprint density at radius 2 is 1.96 bits per heavy atom. The fourth-order valence-corrected chi connectivity index (χ4v) is 3.31. The van der Waals surface area contributed by atoms with Gasteiger partial charge in [0.1, 0.15) is 11.3 Å². The predicted molar refractivity (Wildman–Crippen MR) is 98.9 cm³/mol. The number of benzene rings is 2. The molecule has 0 aliphatic rings. The molecule has 28 heavy (non-hydrogen) atoms. The average molecular weight is 406 g/mol. The van der Waals surface area contributed by atoms with E-state index in [2.05, 4.69) is 16.8 Å². The van der Waals surface area contributed by atoms with Crippen molar-refractivity contribution >= 4 is 32.6 Å². The summed E-state index contributed by atoms with van der Waals surface area (Å²) in [6.45, 7) is -0.0651. The molecule has 0 fully saturated rings. The molecule has 3 N–H and O–H groups in total. The van der Waals surface area contributed by atoms with E-state index in [1.54, 1.807) is 17.4 Å². The number of thiazole rings is 1. The first-order valence-corrected chi connectivity index (χ1v) is 8.77. The number of hydrogen-bond donors (Lipinski definition) is 3. The lowest BCUT2D eigenvalue weighted by molar-refractivity contribution is -0.167. The fraction of sp³-hybridized carbons (Fsp3) is 0.158. The molecule has 0 spiro atoms. The van der Waals surface area contributed by atoms with Gasteiger partial charge in [0, 0.05) is 12.0 Å². The Hall–Kier alpha value is -3.09. The van der Waals surface area contributed by atoms with E-state index < -0.39 is 12.1 Å². The minimum Gasteiger partial charge on any atom is -0.506 e. The standard InChI is InChI=1S/C19H13F3N2O3S/c20-19(21,22)17(27)24-18-23-16-14(26)8-12(9-15(16)28-18)5-1-3-11-4-2-6-13(7-11)10-25/h2,4,6-9,25-26H,3,10H2,(H,23,24,27). The summed E-state index contributed by atoms with van der Waals surface area (Å²) in [5.41, 5.74) is 2.24. The van der Waals surface area contributed by atoms with Crippen molar-refractivity contribution in [1.82, 2.24) is 4.98 Å². The van der Waals surface area contributed by atoms with Crippen LogP contribution >= 0.6 is 11.3 Å². The minimum atomic E-state index is -5.02. The van der Waals surface area contributed by atoms with E-state index in [1.807, 2.05) is 18.2 Å². The molecule has 0 aliphatic heterocycles. The lowest BCUT2D eigenvalue weighted by Gasteiger charge is -2.03. The molecule has 5 nitrogen and oxygen atoms in total. The van der Waals surface area contributed by atoms with E-state index in [-0.39, 0.29) is 23.0 Å². The number of fused-ring (bicyclic) bond motifs is 1. The van der Waals surface area contributed by atoms with E-state index in [0.717, 1.165) is 22.5 Å². The van der Waals surface area contributed by atoms with Crippen LogP contribution in [-0.2, 0) is 17.8 Å². The number of rotatable bonds is 3. The second-order valence-electron chi connectivity index (χ2n) is 5.77. The van der Waals surface area contributed by atoms with Gasteiger partial charge in [0.15, 0.2) is 5.13 Å². The molecule has 0 saturated carbocycles. The van der Waals surface area contributed by atoms with Crippen LogP contribution in [0.4, 0.5) is 18.3 Å². The summed E-state index contributed by atoms with van der Waals surface area (Å²) >= 11 is 0.806. The molecule has 0 atom stereocenters. The van der Waals surface area contributed by atoms with Crippen molar-refractivity contribution in [3.63, 3.8) is 0 Å². The van der Waals surface area contributed by atoms with Gasteiger partial charge in [0.25, 0.3) is 0 Å². The molecule has 9 heteroatoms. The number of hydrogen-bond acceptors (Lipinski definition) is 5.